The summed E-state index contributed by atoms with van der Waals surface area (Å²) in [6.07, 6.45) is 2.62. The fraction of sp³-hybridized carbons (Fsp3) is 0.192. The Morgan fingerprint density at radius 2 is 1.90 bits per heavy atom. The van der Waals surface area contributed by atoms with E-state index in [1.54, 1.807) is 0 Å². The van der Waals surface area contributed by atoms with Gasteiger partial charge in [-0.2, -0.15) is 13.2 Å². The number of hydrogen-bond donors (Lipinski definition) is 0. The third-order valence-electron chi connectivity index (χ3n) is 6.01. The van der Waals surface area contributed by atoms with Gasteiger partial charge in [0.1, 0.15) is 5.39 Å². The summed E-state index contributed by atoms with van der Waals surface area (Å²) in [5.74, 6) is 2.00. The second-order valence-corrected chi connectivity index (χ2v) is 9.00. The molecule has 0 unspecified atom stereocenters. The smallest absolute Gasteiger partial charge is 0.412 e. The van der Waals surface area contributed by atoms with E-state index in [1.165, 1.54) is 48.2 Å². The number of allylic oxidation sites excluding steroid dienone is 4. The minimum atomic E-state index is -4.74. The van der Waals surface area contributed by atoms with Crippen LogP contribution in [0.3, 0.4) is 0 Å². The Morgan fingerprint density at radius 3 is 2.45 bits per heavy atom. The van der Waals surface area contributed by atoms with Crippen LogP contribution >= 0.6 is 15.9 Å². The Bertz CT molecular complexity index is 1870. The maximum absolute atomic E-state index is 13.8. The van der Waals surface area contributed by atoms with Crippen LogP contribution in [-0.2, 0) is 11.9 Å². The van der Waals surface area contributed by atoms with Crippen LogP contribution in [0.15, 0.2) is 69.8 Å². The number of terminal acetylenes is 1. The Hall–Kier alpha value is -5.04. The standard InChI is InChI=1S/C26H19BrF3N7O5/c1-3-4-5-6-16(26(28,29)30)13-14-34-23-22(24(38)35(25(34)39)20-11-12-21(42-2)32-31-20)19(15-27)36(33-23)17-7-9-18(10-8-17)37(40)41/h1,4-12H,13-15H2,2H3/b5-4-,16-6+. The number of non-ortho nitro benzene ring substituents is 1. The van der Waals surface area contributed by atoms with Crippen molar-refractivity contribution in [3.63, 3.8) is 0 Å². The van der Waals surface area contributed by atoms with Crippen molar-refractivity contribution in [1.82, 2.24) is 29.1 Å². The van der Waals surface area contributed by atoms with Crippen LogP contribution in [-0.4, -0.2) is 47.3 Å². The van der Waals surface area contributed by atoms with Crippen molar-refractivity contribution in [2.24, 2.45) is 0 Å². The largest absolute Gasteiger partial charge is 0.480 e. The number of aromatic nitrogens is 6. The number of rotatable bonds is 9. The van der Waals surface area contributed by atoms with E-state index >= 15 is 0 Å². The minimum absolute atomic E-state index is 0.0206. The maximum Gasteiger partial charge on any atom is 0.412 e. The van der Waals surface area contributed by atoms with Gasteiger partial charge in [0.05, 0.1) is 23.4 Å². The van der Waals surface area contributed by atoms with Crippen molar-refractivity contribution in [3.8, 4) is 29.7 Å². The molecule has 0 radical (unpaired) electrons. The van der Waals surface area contributed by atoms with E-state index in [9.17, 15) is 32.9 Å². The van der Waals surface area contributed by atoms with Gasteiger partial charge in [-0.25, -0.2) is 14.0 Å². The number of alkyl halides is 4. The highest BCUT2D eigenvalue weighted by molar-refractivity contribution is 9.08. The van der Waals surface area contributed by atoms with Gasteiger partial charge in [-0.15, -0.1) is 21.7 Å². The predicted molar refractivity (Wildman–Crippen MR) is 149 cm³/mol. The third kappa shape index (κ3) is 5.86. The summed E-state index contributed by atoms with van der Waals surface area (Å²) in [7, 11) is 1.34. The van der Waals surface area contributed by atoms with Crippen LogP contribution in [0.2, 0.25) is 0 Å². The van der Waals surface area contributed by atoms with E-state index in [2.05, 4.69) is 37.1 Å². The lowest BCUT2D eigenvalue weighted by Crippen LogP contribution is -2.40. The lowest BCUT2D eigenvalue weighted by atomic mass is 10.1. The molecule has 4 aromatic rings. The Labute approximate surface area is 242 Å². The molecule has 12 nitrogen and oxygen atoms in total. The zero-order chi connectivity index (χ0) is 30.6. The van der Waals surface area contributed by atoms with E-state index in [1.807, 2.05) is 0 Å². The average molecular weight is 646 g/mol. The monoisotopic (exact) mass is 645 g/mol. The highest BCUT2D eigenvalue weighted by Crippen LogP contribution is 2.29. The SMILES string of the molecule is C#C/C=C\C=C(/CCn1c(=O)n(-c2ccc(OC)nn2)c(=O)c2c(CBr)n(-c3ccc([N+](=O)[O-])cc3)nc21)C(F)(F)F. The highest BCUT2D eigenvalue weighted by atomic mass is 79.9. The molecule has 216 valence electrons. The molecule has 0 spiro atoms. The molecule has 3 heterocycles. The number of ether oxygens (including phenoxy) is 1. The van der Waals surface area contributed by atoms with Crippen LogP contribution in [0.5, 0.6) is 5.88 Å². The fourth-order valence-electron chi connectivity index (χ4n) is 4.03. The maximum atomic E-state index is 13.8. The van der Waals surface area contributed by atoms with Gasteiger partial charge >= 0.3 is 11.9 Å². The number of hydrogen-bond acceptors (Lipinski definition) is 8. The molecule has 3 aromatic heterocycles. The number of benzene rings is 1. The topological polar surface area (TPSA) is 140 Å². The van der Waals surface area contributed by atoms with Gasteiger partial charge in [-0.05, 0) is 30.7 Å². The number of nitro groups is 1. The summed E-state index contributed by atoms with van der Waals surface area (Å²) in [5, 5.41) is 23.1. The molecule has 0 aliphatic carbocycles. The van der Waals surface area contributed by atoms with Crippen molar-refractivity contribution in [3.05, 3.63) is 96.8 Å². The van der Waals surface area contributed by atoms with Gasteiger partial charge in [0.25, 0.3) is 11.2 Å². The molecule has 0 saturated carbocycles. The molecular formula is C26H19BrF3N7O5. The first kappa shape index (κ1) is 29.9. The predicted octanol–water partition coefficient (Wildman–Crippen LogP) is 4.01. The molecule has 0 N–H and O–H groups in total. The molecule has 0 aliphatic rings. The van der Waals surface area contributed by atoms with Crippen LogP contribution in [0.1, 0.15) is 12.1 Å². The summed E-state index contributed by atoms with van der Waals surface area (Å²) in [6.45, 7) is -0.534. The van der Waals surface area contributed by atoms with E-state index in [4.69, 9.17) is 11.2 Å². The van der Waals surface area contributed by atoms with Gasteiger partial charge in [0.2, 0.25) is 5.88 Å². The summed E-state index contributed by atoms with van der Waals surface area (Å²) in [4.78, 5) is 38.0. The number of aryl methyl sites for hydroxylation is 1. The zero-order valence-corrected chi connectivity index (χ0v) is 23.2. The second kappa shape index (κ2) is 12.2. The summed E-state index contributed by atoms with van der Waals surface area (Å²) >= 11 is 3.31. The molecule has 0 fully saturated rings. The molecule has 4 rings (SSSR count). The number of halogens is 4. The highest BCUT2D eigenvalue weighted by Gasteiger charge is 2.33. The average Bonchev–Trinajstić information content (AvgIpc) is 3.36. The van der Waals surface area contributed by atoms with Crippen molar-refractivity contribution in [1.29, 1.82) is 0 Å². The lowest BCUT2D eigenvalue weighted by molar-refractivity contribution is -0.384. The molecule has 0 atom stereocenters. The Kier molecular flexibility index (Phi) is 8.71. The van der Waals surface area contributed by atoms with Gasteiger partial charge in [0.15, 0.2) is 11.5 Å². The quantitative estimate of drug-likeness (QED) is 0.0874. The van der Waals surface area contributed by atoms with Crippen molar-refractivity contribution in [2.75, 3.05) is 7.11 Å². The fourth-order valence-corrected chi connectivity index (χ4v) is 4.54. The van der Waals surface area contributed by atoms with Crippen LogP contribution < -0.4 is 16.0 Å². The number of nitro benzene ring substituents is 1. The summed E-state index contributed by atoms with van der Waals surface area (Å²) in [6, 6.07) is 7.87. The van der Waals surface area contributed by atoms with E-state index in [-0.39, 0.29) is 39.4 Å². The molecule has 0 amide bonds. The summed E-state index contributed by atoms with van der Waals surface area (Å²) in [5.41, 5.74) is -2.70. The van der Waals surface area contributed by atoms with Crippen molar-refractivity contribution in [2.45, 2.75) is 24.5 Å². The van der Waals surface area contributed by atoms with E-state index < -0.39 is 40.9 Å². The molecule has 1 aromatic carbocycles. The second-order valence-electron chi connectivity index (χ2n) is 8.44. The molecule has 16 heteroatoms. The minimum Gasteiger partial charge on any atom is -0.480 e. The van der Waals surface area contributed by atoms with Crippen molar-refractivity contribution < 1.29 is 22.8 Å². The zero-order valence-electron chi connectivity index (χ0n) is 21.6. The van der Waals surface area contributed by atoms with E-state index in [0.717, 1.165) is 22.8 Å². The first-order chi connectivity index (χ1) is 20.0. The number of fused-ring (bicyclic) bond motifs is 1. The number of nitrogens with zero attached hydrogens (tertiary/aromatic N) is 7. The first-order valence-corrected chi connectivity index (χ1v) is 13.0. The third-order valence-corrected chi connectivity index (χ3v) is 6.54. The number of methoxy groups -OCH3 is 1. The van der Waals surface area contributed by atoms with Crippen molar-refractivity contribution >= 4 is 32.7 Å². The van der Waals surface area contributed by atoms with Crippen LogP contribution in [0.25, 0.3) is 22.5 Å². The first-order valence-electron chi connectivity index (χ1n) is 11.9. The Morgan fingerprint density at radius 1 is 1.19 bits per heavy atom. The normalized spacial score (nSPS) is 12.1. The van der Waals surface area contributed by atoms with Gasteiger partial charge in [0, 0.05) is 35.6 Å². The molecule has 0 aliphatic heterocycles. The van der Waals surface area contributed by atoms with Crippen LogP contribution in [0.4, 0.5) is 18.9 Å². The van der Waals surface area contributed by atoms with E-state index in [0.29, 0.717) is 10.3 Å². The molecular weight excluding hydrogens is 627 g/mol. The summed E-state index contributed by atoms with van der Waals surface area (Å²) < 4.78 is 49.2. The van der Waals surface area contributed by atoms with Gasteiger partial charge in [-0.1, -0.05) is 34.0 Å². The lowest BCUT2D eigenvalue weighted by Gasteiger charge is -2.14. The van der Waals surface area contributed by atoms with Gasteiger partial charge < -0.3 is 4.74 Å². The molecule has 0 saturated heterocycles. The van der Waals surface area contributed by atoms with Gasteiger partial charge in [-0.3, -0.25) is 19.5 Å². The molecule has 0 bridgehead atoms. The van der Waals surface area contributed by atoms with Crippen LogP contribution in [0, 0.1) is 22.5 Å². The Balaban J connectivity index is 2.00. The molecule has 42 heavy (non-hydrogen) atoms.